The van der Waals surface area contributed by atoms with Gasteiger partial charge in [-0.2, -0.15) is 0 Å². The molecule has 1 saturated heterocycles. The van der Waals surface area contributed by atoms with E-state index in [1.54, 1.807) is 18.6 Å². The Labute approximate surface area is 134 Å². The predicted molar refractivity (Wildman–Crippen MR) is 82.9 cm³/mol. The zero-order chi connectivity index (χ0) is 16.1. The topological polar surface area (TPSA) is 97.0 Å². The second-order valence-electron chi connectivity index (χ2n) is 5.84. The van der Waals surface area contributed by atoms with E-state index in [9.17, 15) is 4.79 Å². The number of aliphatic carboxylic acids is 1. The molecule has 0 radical (unpaired) electrons. The van der Waals surface area contributed by atoms with Crippen molar-refractivity contribution in [3.63, 3.8) is 0 Å². The van der Waals surface area contributed by atoms with Crippen molar-refractivity contribution < 1.29 is 9.90 Å². The fourth-order valence-electron chi connectivity index (χ4n) is 2.92. The van der Waals surface area contributed by atoms with Crippen LogP contribution < -0.4 is 4.90 Å². The summed E-state index contributed by atoms with van der Waals surface area (Å²) in [6.45, 7) is 2.70. The van der Waals surface area contributed by atoms with Crippen LogP contribution in [0.1, 0.15) is 25.0 Å². The summed E-state index contributed by atoms with van der Waals surface area (Å²) >= 11 is 0. The summed E-state index contributed by atoms with van der Waals surface area (Å²) in [6.07, 6.45) is 9.80. The van der Waals surface area contributed by atoms with Gasteiger partial charge >= 0.3 is 5.97 Å². The molecule has 0 aliphatic carbocycles. The van der Waals surface area contributed by atoms with Gasteiger partial charge < -0.3 is 10.0 Å². The van der Waals surface area contributed by atoms with E-state index in [0.29, 0.717) is 12.3 Å². The minimum Gasteiger partial charge on any atom is -0.481 e. The lowest BCUT2D eigenvalue weighted by molar-refractivity contribution is -0.136. The van der Waals surface area contributed by atoms with Crippen molar-refractivity contribution in [2.24, 2.45) is 5.92 Å². The van der Waals surface area contributed by atoms with Crippen LogP contribution in [0.5, 0.6) is 0 Å². The van der Waals surface area contributed by atoms with Crippen LogP contribution in [0.4, 0.5) is 5.82 Å². The molecule has 0 aromatic carbocycles. The molecular formula is C15H20N6O2. The molecule has 2 aromatic heterocycles. The van der Waals surface area contributed by atoms with Gasteiger partial charge in [0.15, 0.2) is 0 Å². The number of carboxylic acids is 1. The summed E-state index contributed by atoms with van der Waals surface area (Å²) in [4.78, 5) is 21.3. The molecule has 8 nitrogen and oxygen atoms in total. The van der Waals surface area contributed by atoms with Crippen molar-refractivity contribution in [2.75, 3.05) is 18.0 Å². The Kier molecular flexibility index (Phi) is 4.80. The molecule has 1 aliphatic heterocycles. The molecule has 8 heteroatoms. The van der Waals surface area contributed by atoms with Gasteiger partial charge in [-0.25, -0.2) is 4.98 Å². The molecule has 0 saturated carbocycles. The SMILES string of the molecule is O=C(O)CCc1cn(C[C@H]2CCCN(c3cnccn3)C2)nn1. The van der Waals surface area contributed by atoms with E-state index in [1.807, 2.05) is 10.9 Å². The van der Waals surface area contributed by atoms with Gasteiger partial charge in [-0.15, -0.1) is 5.10 Å². The third-order valence-corrected chi connectivity index (χ3v) is 4.02. The quantitative estimate of drug-likeness (QED) is 0.849. The molecule has 0 amide bonds. The average Bonchev–Trinajstić information content (AvgIpc) is 3.01. The number of carboxylic acid groups (broad SMARTS) is 1. The van der Waals surface area contributed by atoms with Crippen molar-refractivity contribution in [3.05, 3.63) is 30.5 Å². The highest BCUT2D eigenvalue weighted by atomic mass is 16.4. The number of piperidine rings is 1. The van der Waals surface area contributed by atoms with Crippen LogP contribution in [0.25, 0.3) is 0 Å². The largest absolute Gasteiger partial charge is 0.481 e. The van der Waals surface area contributed by atoms with E-state index in [0.717, 1.165) is 44.0 Å². The second kappa shape index (κ2) is 7.17. The molecule has 1 atom stereocenters. The average molecular weight is 316 g/mol. The first-order valence-corrected chi connectivity index (χ1v) is 7.82. The van der Waals surface area contributed by atoms with Gasteiger partial charge in [0.05, 0.1) is 18.3 Å². The van der Waals surface area contributed by atoms with E-state index in [1.165, 1.54) is 0 Å². The molecule has 0 spiro atoms. The van der Waals surface area contributed by atoms with Gasteiger partial charge in [-0.05, 0) is 18.8 Å². The number of aryl methyl sites for hydroxylation is 1. The monoisotopic (exact) mass is 316 g/mol. The lowest BCUT2D eigenvalue weighted by Crippen LogP contribution is -2.37. The van der Waals surface area contributed by atoms with Crippen LogP contribution in [-0.2, 0) is 17.8 Å². The van der Waals surface area contributed by atoms with E-state index in [4.69, 9.17) is 5.11 Å². The first-order valence-electron chi connectivity index (χ1n) is 7.82. The Hall–Kier alpha value is -2.51. The van der Waals surface area contributed by atoms with Crippen LogP contribution in [0.15, 0.2) is 24.8 Å². The van der Waals surface area contributed by atoms with E-state index in [-0.39, 0.29) is 6.42 Å². The van der Waals surface area contributed by atoms with E-state index < -0.39 is 5.97 Å². The molecule has 3 heterocycles. The first-order chi connectivity index (χ1) is 11.2. The number of carbonyl (C=O) groups is 1. The maximum atomic E-state index is 10.6. The third-order valence-electron chi connectivity index (χ3n) is 4.02. The van der Waals surface area contributed by atoms with Gasteiger partial charge in [-0.3, -0.25) is 14.5 Å². The summed E-state index contributed by atoms with van der Waals surface area (Å²) in [6, 6.07) is 0. The predicted octanol–water partition coefficient (Wildman–Crippen LogP) is 1.00. The molecule has 3 rings (SSSR count). The molecule has 2 aromatic rings. The molecule has 1 N–H and O–H groups in total. The number of nitrogens with zero attached hydrogens (tertiary/aromatic N) is 6. The Bertz CT molecular complexity index is 644. The molecule has 1 fully saturated rings. The van der Waals surface area contributed by atoms with Crippen molar-refractivity contribution in [2.45, 2.75) is 32.2 Å². The zero-order valence-corrected chi connectivity index (χ0v) is 12.9. The fourth-order valence-corrected chi connectivity index (χ4v) is 2.92. The minimum absolute atomic E-state index is 0.0859. The van der Waals surface area contributed by atoms with E-state index in [2.05, 4.69) is 25.2 Å². The van der Waals surface area contributed by atoms with Crippen LogP contribution in [0.2, 0.25) is 0 Å². The summed E-state index contributed by atoms with van der Waals surface area (Å²) in [5.41, 5.74) is 0.731. The zero-order valence-electron chi connectivity index (χ0n) is 12.9. The highest BCUT2D eigenvalue weighted by Crippen LogP contribution is 2.22. The summed E-state index contributed by atoms with van der Waals surface area (Å²) in [7, 11) is 0. The van der Waals surface area contributed by atoms with Crippen LogP contribution in [0, 0.1) is 5.92 Å². The van der Waals surface area contributed by atoms with Gasteiger partial charge in [-0.1, -0.05) is 5.21 Å². The van der Waals surface area contributed by atoms with Crippen molar-refractivity contribution in [1.82, 2.24) is 25.0 Å². The van der Waals surface area contributed by atoms with Crippen LogP contribution in [0.3, 0.4) is 0 Å². The lowest BCUT2D eigenvalue weighted by Gasteiger charge is -2.33. The van der Waals surface area contributed by atoms with Crippen molar-refractivity contribution >= 4 is 11.8 Å². The Morgan fingerprint density at radius 2 is 2.30 bits per heavy atom. The number of hydrogen-bond donors (Lipinski definition) is 1. The normalized spacial score (nSPS) is 18.1. The molecule has 1 aliphatic rings. The smallest absolute Gasteiger partial charge is 0.303 e. The van der Waals surface area contributed by atoms with Gasteiger partial charge in [0.25, 0.3) is 0 Å². The first kappa shape index (κ1) is 15.4. The Morgan fingerprint density at radius 1 is 1.39 bits per heavy atom. The third kappa shape index (κ3) is 4.24. The van der Waals surface area contributed by atoms with Crippen molar-refractivity contribution in [3.8, 4) is 0 Å². The summed E-state index contributed by atoms with van der Waals surface area (Å²) in [5.74, 6) is 0.573. The summed E-state index contributed by atoms with van der Waals surface area (Å²) < 4.78 is 1.82. The van der Waals surface area contributed by atoms with Gasteiger partial charge in [0.1, 0.15) is 5.82 Å². The minimum atomic E-state index is -0.813. The summed E-state index contributed by atoms with van der Waals surface area (Å²) in [5, 5.41) is 16.9. The molecule has 122 valence electrons. The number of anilines is 1. The van der Waals surface area contributed by atoms with E-state index >= 15 is 0 Å². The number of hydrogen-bond acceptors (Lipinski definition) is 6. The van der Waals surface area contributed by atoms with Crippen LogP contribution >= 0.6 is 0 Å². The lowest BCUT2D eigenvalue weighted by atomic mass is 9.98. The molecule has 0 unspecified atom stereocenters. The Balaban J connectivity index is 1.56. The standard InChI is InChI=1S/C15H20N6O2/c22-15(23)4-3-13-11-21(19-18-13)10-12-2-1-7-20(9-12)14-8-16-5-6-17-14/h5-6,8,11-12H,1-4,7,9-10H2,(H,22,23)/t12-/m0/s1. The molecule has 23 heavy (non-hydrogen) atoms. The maximum absolute atomic E-state index is 10.6. The molecule has 0 bridgehead atoms. The fraction of sp³-hybridized carbons (Fsp3) is 0.533. The highest BCUT2D eigenvalue weighted by Gasteiger charge is 2.21. The Morgan fingerprint density at radius 3 is 3.09 bits per heavy atom. The van der Waals surface area contributed by atoms with Crippen LogP contribution in [-0.4, -0.2) is 49.1 Å². The number of aromatic nitrogens is 5. The van der Waals surface area contributed by atoms with Crippen molar-refractivity contribution in [1.29, 1.82) is 0 Å². The second-order valence-corrected chi connectivity index (χ2v) is 5.84. The van der Waals surface area contributed by atoms with Gasteiger partial charge in [0.2, 0.25) is 0 Å². The molecular weight excluding hydrogens is 296 g/mol. The maximum Gasteiger partial charge on any atom is 0.303 e. The number of rotatable bonds is 6. The van der Waals surface area contributed by atoms with Gasteiger partial charge in [0, 0.05) is 44.6 Å². The highest BCUT2D eigenvalue weighted by molar-refractivity contribution is 5.66.